The fourth-order valence-electron chi connectivity index (χ4n) is 7.10. The van der Waals surface area contributed by atoms with E-state index in [-0.39, 0.29) is 25.0 Å². The van der Waals surface area contributed by atoms with Gasteiger partial charge < -0.3 is 29.3 Å². The summed E-state index contributed by atoms with van der Waals surface area (Å²) in [6.45, 7) is 8.70. The number of anilines is 2. The van der Waals surface area contributed by atoms with Crippen LogP contribution in [0, 0.1) is 11.8 Å². The van der Waals surface area contributed by atoms with Crippen LogP contribution in [-0.4, -0.2) is 84.4 Å². The molecule has 0 saturated carbocycles. The lowest BCUT2D eigenvalue weighted by molar-refractivity contribution is -0.158. The van der Waals surface area contributed by atoms with Crippen molar-refractivity contribution in [3.8, 4) is 0 Å². The highest BCUT2D eigenvalue weighted by molar-refractivity contribution is 6.05. The largest absolute Gasteiger partial charge is 0.465 e. The van der Waals surface area contributed by atoms with Crippen LogP contribution >= 0.6 is 0 Å². The molecular formula is C32H43N3O6. The van der Waals surface area contributed by atoms with Gasteiger partial charge in [0, 0.05) is 44.2 Å². The minimum absolute atomic E-state index is 0.00551. The molecule has 0 aliphatic carbocycles. The van der Waals surface area contributed by atoms with Crippen molar-refractivity contribution in [2.75, 3.05) is 49.2 Å². The lowest BCUT2D eigenvalue weighted by Crippen LogP contribution is -2.56. The number of benzene rings is 1. The lowest BCUT2D eigenvalue weighted by atomic mass is 9.74. The van der Waals surface area contributed by atoms with Gasteiger partial charge in [-0.25, -0.2) is 0 Å². The van der Waals surface area contributed by atoms with E-state index in [1.54, 1.807) is 9.80 Å². The Hall–Kier alpha value is -3.17. The van der Waals surface area contributed by atoms with E-state index in [9.17, 15) is 19.5 Å². The molecule has 0 bridgehead atoms. The average molecular weight is 566 g/mol. The Kier molecular flexibility index (Phi) is 8.57. The first kappa shape index (κ1) is 29.3. The molecule has 9 nitrogen and oxygen atoms in total. The van der Waals surface area contributed by atoms with Crippen molar-refractivity contribution in [2.45, 2.75) is 70.1 Å². The predicted octanol–water partition coefficient (Wildman–Crippen LogP) is 3.46. The zero-order valence-electron chi connectivity index (χ0n) is 24.5. The number of likely N-dealkylation sites (tertiary alicyclic amines) is 1. The van der Waals surface area contributed by atoms with Gasteiger partial charge in [-0.3, -0.25) is 14.4 Å². The van der Waals surface area contributed by atoms with Gasteiger partial charge in [-0.1, -0.05) is 24.3 Å². The summed E-state index contributed by atoms with van der Waals surface area (Å²) < 4.78 is 12.5. The molecule has 1 spiro atoms. The maximum absolute atomic E-state index is 14.5. The maximum atomic E-state index is 14.5. The minimum Gasteiger partial charge on any atom is -0.465 e. The van der Waals surface area contributed by atoms with Crippen LogP contribution < -0.4 is 9.80 Å². The topological polar surface area (TPSA) is 99.6 Å². The lowest BCUT2D eigenvalue weighted by Gasteiger charge is -2.37. The van der Waals surface area contributed by atoms with Crippen molar-refractivity contribution in [1.29, 1.82) is 0 Å². The van der Waals surface area contributed by atoms with Gasteiger partial charge in [-0.15, -0.1) is 0 Å². The van der Waals surface area contributed by atoms with Crippen molar-refractivity contribution >= 4 is 29.2 Å². The fraction of sp³-hybridized carbons (Fsp3) is 0.594. The second kappa shape index (κ2) is 12.0. The van der Waals surface area contributed by atoms with Crippen molar-refractivity contribution in [3.63, 3.8) is 0 Å². The first-order valence-corrected chi connectivity index (χ1v) is 15.1. The molecule has 5 rings (SSSR count). The zero-order chi connectivity index (χ0) is 29.2. The van der Waals surface area contributed by atoms with E-state index in [4.69, 9.17) is 9.47 Å². The van der Waals surface area contributed by atoms with Crippen molar-refractivity contribution in [1.82, 2.24) is 4.90 Å². The third-order valence-corrected chi connectivity index (χ3v) is 9.10. The molecule has 1 unspecified atom stereocenters. The summed E-state index contributed by atoms with van der Waals surface area (Å²) in [5.41, 5.74) is -0.605. The summed E-state index contributed by atoms with van der Waals surface area (Å²) in [4.78, 5) is 47.9. The Morgan fingerprint density at radius 1 is 0.976 bits per heavy atom. The predicted molar refractivity (Wildman–Crippen MR) is 156 cm³/mol. The van der Waals surface area contributed by atoms with E-state index in [1.807, 2.05) is 55.5 Å². The number of aliphatic hydroxyl groups is 1. The SMILES string of the molecule is CCN(CC)c1ccc(N2CC=C[C@]34O[C@@]5(C)/C=C\CCCCOC(=O)[C@H]5[C@H]3C(=O)N(CCCCO)C4C2=O)cc1. The van der Waals surface area contributed by atoms with Crippen LogP contribution in [0.4, 0.5) is 11.4 Å². The van der Waals surface area contributed by atoms with Crippen LogP contribution in [0.3, 0.4) is 0 Å². The number of hydrogen-bond donors (Lipinski definition) is 1. The molecular weight excluding hydrogens is 522 g/mol. The molecule has 1 aromatic carbocycles. The van der Waals surface area contributed by atoms with Crippen LogP contribution in [-0.2, 0) is 23.9 Å². The quantitative estimate of drug-likeness (QED) is 0.293. The molecule has 0 aromatic heterocycles. The average Bonchev–Trinajstić information content (AvgIpc) is 3.29. The molecule has 1 N–H and O–H groups in total. The van der Waals surface area contributed by atoms with E-state index < -0.39 is 35.0 Å². The monoisotopic (exact) mass is 565 g/mol. The molecule has 9 heteroatoms. The van der Waals surface area contributed by atoms with Crippen LogP contribution in [0.25, 0.3) is 0 Å². The van der Waals surface area contributed by atoms with E-state index in [0.29, 0.717) is 26.0 Å². The number of allylic oxidation sites excluding steroid dienone is 1. The molecule has 1 aromatic rings. The molecule has 4 aliphatic rings. The molecule has 2 amide bonds. The third kappa shape index (κ3) is 5.07. The minimum atomic E-state index is -1.32. The fourth-order valence-corrected chi connectivity index (χ4v) is 7.10. The van der Waals surface area contributed by atoms with E-state index in [0.717, 1.165) is 43.7 Å². The number of fused-ring (bicyclic) bond motifs is 2. The van der Waals surface area contributed by atoms with Gasteiger partial charge in [0.15, 0.2) is 0 Å². The van der Waals surface area contributed by atoms with E-state index >= 15 is 0 Å². The van der Waals surface area contributed by atoms with Gasteiger partial charge in [0.25, 0.3) is 5.91 Å². The number of esters is 1. The van der Waals surface area contributed by atoms with E-state index in [2.05, 4.69) is 18.7 Å². The molecule has 0 radical (unpaired) electrons. The first-order chi connectivity index (χ1) is 19.8. The number of cyclic esters (lactones) is 1. The smallest absolute Gasteiger partial charge is 0.313 e. The van der Waals surface area contributed by atoms with Crippen LogP contribution in [0.15, 0.2) is 48.6 Å². The molecule has 2 fully saturated rings. The first-order valence-electron chi connectivity index (χ1n) is 15.1. The Labute approximate surface area is 242 Å². The highest BCUT2D eigenvalue weighted by Gasteiger charge is 2.74. The highest BCUT2D eigenvalue weighted by atomic mass is 16.6. The standard InChI is InChI=1S/C32H43N3O6/c1-4-33(5-2)23-13-15-24(16-14-23)34-20-12-18-32-25(28(37)35(19-9-10-21-36)27(32)29(34)38)26-30(39)40-22-11-7-6-8-17-31(26,3)41-32/h8,12-18,25-27,36H,4-7,9-11,19-22H2,1-3H3/b17-8-/t25-,26+,27?,31-,32-/m0/s1. The molecule has 5 atom stereocenters. The normalized spacial score (nSPS) is 32.2. The van der Waals surface area contributed by atoms with Gasteiger partial charge in [-0.05, 0) is 77.1 Å². The summed E-state index contributed by atoms with van der Waals surface area (Å²) in [5.74, 6) is -2.75. The van der Waals surface area contributed by atoms with Crippen molar-refractivity contribution < 1.29 is 29.0 Å². The number of ether oxygens (including phenoxy) is 2. The third-order valence-electron chi connectivity index (χ3n) is 9.10. The van der Waals surface area contributed by atoms with Crippen molar-refractivity contribution in [3.05, 3.63) is 48.6 Å². The number of unbranched alkanes of at least 4 members (excludes halogenated alkanes) is 1. The zero-order valence-corrected chi connectivity index (χ0v) is 24.5. The Morgan fingerprint density at radius 2 is 1.73 bits per heavy atom. The van der Waals surface area contributed by atoms with Gasteiger partial charge in [0.1, 0.15) is 17.6 Å². The summed E-state index contributed by atoms with van der Waals surface area (Å²) in [6.07, 6.45) is 11.2. The molecule has 2 saturated heterocycles. The number of nitrogens with zero attached hydrogens (tertiary/aromatic N) is 3. The number of hydrogen-bond acceptors (Lipinski definition) is 7. The van der Waals surface area contributed by atoms with Crippen molar-refractivity contribution in [2.24, 2.45) is 11.8 Å². The Morgan fingerprint density at radius 3 is 2.44 bits per heavy atom. The molecule has 41 heavy (non-hydrogen) atoms. The van der Waals surface area contributed by atoms with Gasteiger partial charge in [0.05, 0.1) is 18.1 Å². The summed E-state index contributed by atoms with van der Waals surface area (Å²) in [5, 5.41) is 9.43. The number of rotatable bonds is 8. The summed E-state index contributed by atoms with van der Waals surface area (Å²) in [6, 6.07) is 6.97. The molecule has 222 valence electrons. The Bertz CT molecular complexity index is 1190. The molecule has 4 aliphatic heterocycles. The number of carbonyl (C=O) groups is 3. The molecule has 4 heterocycles. The van der Waals surface area contributed by atoms with Gasteiger partial charge >= 0.3 is 5.97 Å². The van der Waals surface area contributed by atoms with Crippen LogP contribution in [0.2, 0.25) is 0 Å². The highest BCUT2D eigenvalue weighted by Crippen LogP contribution is 2.57. The summed E-state index contributed by atoms with van der Waals surface area (Å²) >= 11 is 0. The summed E-state index contributed by atoms with van der Waals surface area (Å²) in [7, 11) is 0. The maximum Gasteiger partial charge on any atom is 0.313 e. The second-order valence-electron chi connectivity index (χ2n) is 11.6. The van der Waals surface area contributed by atoms with Crippen LogP contribution in [0.5, 0.6) is 0 Å². The van der Waals surface area contributed by atoms with Gasteiger partial charge in [-0.2, -0.15) is 0 Å². The van der Waals surface area contributed by atoms with Gasteiger partial charge in [0.2, 0.25) is 5.91 Å². The number of amides is 2. The van der Waals surface area contributed by atoms with Crippen LogP contribution in [0.1, 0.15) is 52.9 Å². The number of aliphatic hydroxyl groups excluding tert-OH is 1. The Balaban J connectivity index is 1.56. The number of carbonyl (C=O) groups excluding carboxylic acids is 3. The second-order valence-corrected chi connectivity index (χ2v) is 11.6. The van der Waals surface area contributed by atoms with E-state index in [1.165, 1.54) is 0 Å².